The quantitative estimate of drug-likeness (QED) is 0.732. The molecule has 0 spiro atoms. The fourth-order valence-electron chi connectivity index (χ4n) is 3.09. The Morgan fingerprint density at radius 1 is 1.15 bits per heavy atom. The number of aromatic nitrogens is 5. The fourth-order valence-corrected chi connectivity index (χ4v) is 3.21. The van der Waals surface area contributed by atoms with Gasteiger partial charge >= 0.3 is 6.03 Å². The third-order valence-electron chi connectivity index (χ3n) is 4.59. The van der Waals surface area contributed by atoms with E-state index in [0.29, 0.717) is 48.9 Å². The van der Waals surface area contributed by atoms with Crippen LogP contribution in [0.2, 0.25) is 5.02 Å². The third kappa shape index (κ3) is 3.63. The molecule has 1 N–H and O–H groups in total. The molecule has 0 saturated carbocycles. The summed E-state index contributed by atoms with van der Waals surface area (Å²) < 4.78 is 1.63. The minimum absolute atomic E-state index is 0.0723. The first kappa shape index (κ1) is 17.5. The number of nitrogens with one attached hydrogen (secondary N) is 1. The van der Waals surface area contributed by atoms with Crippen molar-refractivity contribution in [2.24, 2.45) is 7.05 Å². The number of urea groups is 1. The smallest absolute Gasteiger partial charge is 0.317 e. The minimum atomic E-state index is -0.0723. The predicted molar refractivity (Wildman–Crippen MR) is 102 cm³/mol. The van der Waals surface area contributed by atoms with Crippen LogP contribution in [-0.4, -0.2) is 62.1 Å². The van der Waals surface area contributed by atoms with Gasteiger partial charge in [0.15, 0.2) is 17.0 Å². The summed E-state index contributed by atoms with van der Waals surface area (Å²) in [6.45, 7) is 3.05. The summed E-state index contributed by atoms with van der Waals surface area (Å²) in [5.41, 5.74) is 2.39. The van der Waals surface area contributed by atoms with Crippen LogP contribution in [0.1, 0.15) is 5.56 Å². The maximum absolute atomic E-state index is 12.4. The minimum Gasteiger partial charge on any atom is -0.351 e. The van der Waals surface area contributed by atoms with E-state index in [4.69, 9.17) is 11.6 Å². The molecule has 9 nitrogen and oxygen atoms in total. The molecule has 1 aliphatic heterocycles. The molecule has 1 aromatic carbocycles. The molecule has 0 atom stereocenters. The Hall–Kier alpha value is -2.94. The molecular weight excluding hydrogens is 368 g/mol. The van der Waals surface area contributed by atoms with Crippen molar-refractivity contribution in [2.45, 2.75) is 6.54 Å². The van der Waals surface area contributed by atoms with E-state index in [1.165, 1.54) is 6.33 Å². The summed E-state index contributed by atoms with van der Waals surface area (Å²) in [6.07, 6.45) is 1.52. The molecule has 140 valence electrons. The molecule has 2 amide bonds. The normalized spacial score (nSPS) is 14.6. The number of carbonyl (C=O) groups is 1. The van der Waals surface area contributed by atoms with E-state index >= 15 is 0 Å². The lowest BCUT2D eigenvalue weighted by Gasteiger charge is -2.35. The van der Waals surface area contributed by atoms with Crippen molar-refractivity contribution in [3.05, 3.63) is 41.2 Å². The summed E-state index contributed by atoms with van der Waals surface area (Å²) in [4.78, 5) is 24.9. The molecule has 1 aliphatic rings. The van der Waals surface area contributed by atoms with Crippen molar-refractivity contribution >= 4 is 34.6 Å². The van der Waals surface area contributed by atoms with Crippen LogP contribution in [0, 0.1) is 0 Å². The van der Waals surface area contributed by atoms with Crippen molar-refractivity contribution in [2.75, 3.05) is 31.1 Å². The van der Waals surface area contributed by atoms with E-state index in [1.54, 1.807) is 11.7 Å². The molecule has 1 fully saturated rings. The van der Waals surface area contributed by atoms with E-state index in [9.17, 15) is 4.79 Å². The van der Waals surface area contributed by atoms with Crippen LogP contribution in [0.4, 0.5) is 10.6 Å². The Balaban J connectivity index is 1.35. The number of benzene rings is 1. The number of fused-ring (bicyclic) bond motifs is 1. The van der Waals surface area contributed by atoms with E-state index in [0.717, 1.165) is 11.4 Å². The number of hydrogen-bond donors (Lipinski definition) is 1. The number of piperazine rings is 1. The second-order valence-electron chi connectivity index (χ2n) is 6.34. The van der Waals surface area contributed by atoms with Gasteiger partial charge in [0.1, 0.15) is 6.33 Å². The molecule has 0 bridgehead atoms. The Labute approximate surface area is 160 Å². The molecule has 10 heteroatoms. The van der Waals surface area contributed by atoms with Crippen LogP contribution in [0.15, 0.2) is 30.6 Å². The first-order valence-electron chi connectivity index (χ1n) is 8.64. The number of aryl methyl sites for hydroxylation is 1. The number of anilines is 1. The molecule has 4 rings (SSSR count). The largest absolute Gasteiger partial charge is 0.351 e. The van der Waals surface area contributed by atoms with Gasteiger partial charge in [0, 0.05) is 44.8 Å². The number of rotatable bonds is 3. The Bertz CT molecular complexity index is 949. The molecule has 2 aromatic heterocycles. The van der Waals surface area contributed by atoms with Crippen LogP contribution in [0.25, 0.3) is 11.2 Å². The lowest BCUT2D eigenvalue weighted by Crippen LogP contribution is -2.52. The summed E-state index contributed by atoms with van der Waals surface area (Å²) in [6, 6.07) is 7.37. The van der Waals surface area contributed by atoms with E-state index in [2.05, 4.69) is 30.5 Å². The lowest BCUT2D eigenvalue weighted by atomic mass is 10.2. The van der Waals surface area contributed by atoms with Gasteiger partial charge in [0.05, 0.1) is 0 Å². The highest BCUT2D eigenvalue weighted by atomic mass is 35.5. The van der Waals surface area contributed by atoms with E-state index < -0.39 is 0 Å². The SMILES string of the molecule is Cn1nnc2c(N3CCN(C(=O)NCc4ccc(Cl)cc4)CC3)ncnc21. The summed E-state index contributed by atoms with van der Waals surface area (Å²) >= 11 is 5.88. The van der Waals surface area contributed by atoms with Crippen molar-refractivity contribution in [3.63, 3.8) is 0 Å². The van der Waals surface area contributed by atoms with E-state index in [-0.39, 0.29) is 6.03 Å². The van der Waals surface area contributed by atoms with Gasteiger partial charge in [-0.1, -0.05) is 28.9 Å². The van der Waals surface area contributed by atoms with E-state index in [1.807, 2.05) is 29.2 Å². The number of hydrogen-bond acceptors (Lipinski definition) is 6. The highest BCUT2D eigenvalue weighted by Gasteiger charge is 2.24. The fraction of sp³-hybridized carbons (Fsp3) is 0.353. The number of halogens is 1. The Morgan fingerprint density at radius 2 is 1.89 bits per heavy atom. The predicted octanol–water partition coefficient (Wildman–Crippen LogP) is 1.44. The second kappa shape index (κ2) is 7.36. The molecule has 3 heterocycles. The van der Waals surface area contributed by atoms with Gasteiger partial charge in [0.25, 0.3) is 0 Å². The standard InChI is InChI=1S/C17H19ClN8O/c1-24-15-14(22-23-24)16(21-11-20-15)25-6-8-26(9-7-25)17(27)19-10-12-2-4-13(18)5-3-12/h2-5,11H,6-10H2,1H3,(H,19,27). The summed E-state index contributed by atoms with van der Waals surface area (Å²) in [5, 5.41) is 11.8. The Kier molecular flexibility index (Phi) is 4.76. The van der Waals surface area contributed by atoms with Gasteiger partial charge in [-0.05, 0) is 17.7 Å². The molecule has 1 saturated heterocycles. The molecule has 27 heavy (non-hydrogen) atoms. The average Bonchev–Trinajstić information content (AvgIpc) is 3.09. The van der Waals surface area contributed by atoms with Crippen LogP contribution in [0.5, 0.6) is 0 Å². The van der Waals surface area contributed by atoms with Crippen molar-refractivity contribution in [1.82, 2.24) is 35.2 Å². The second-order valence-corrected chi connectivity index (χ2v) is 6.78. The number of nitrogens with zero attached hydrogens (tertiary/aromatic N) is 7. The van der Waals surface area contributed by atoms with Crippen molar-refractivity contribution in [3.8, 4) is 0 Å². The highest BCUT2D eigenvalue weighted by molar-refractivity contribution is 6.30. The molecule has 0 unspecified atom stereocenters. The van der Waals surface area contributed by atoms with Crippen molar-refractivity contribution in [1.29, 1.82) is 0 Å². The molecular formula is C17H19ClN8O. The van der Waals surface area contributed by atoms with Gasteiger partial charge < -0.3 is 15.1 Å². The average molecular weight is 387 g/mol. The topological polar surface area (TPSA) is 92.1 Å². The summed E-state index contributed by atoms with van der Waals surface area (Å²) in [5.74, 6) is 0.759. The van der Waals surface area contributed by atoms with Crippen molar-refractivity contribution < 1.29 is 4.79 Å². The van der Waals surface area contributed by atoms with Gasteiger partial charge in [-0.15, -0.1) is 5.10 Å². The number of carbonyl (C=O) groups excluding carboxylic acids is 1. The van der Waals surface area contributed by atoms with Crippen LogP contribution < -0.4 is 10.2 Å². The maximum Gasteiger partial charge on any atom is 0.317 e. The van der Waals surface area contributed by atoms with Gasteiger partial charge in [-0.3, -0.25) is 0 Å². The van der Waals surface area contributed by atoms with Crippen LogP contribution in [-0.2, 0) is 13.6 Å². The zero-order chi connectivity index (χ0) is 18.8. The third-order valence-corrected chi connectivity index (χ3v) is 4.84. The number of amides is 2. The maximum atomic E-state index is 12.4. The zero-order valence-electron chi connectivity index (χ0n) is 14.8. The zero-order valence-corrected chi connectivity index (χ0v) is 15.6. The Morgan fingerprint density at radius 3 is 2.63 bits per heavy atom. The first-order valence-corrected chi connectivity index (χ1v) is 9.02. The van der Waals surface area contributed by atoms with Gasteiger partial charge in [-0.2, -0.15) is 0 Å². The lowest BCUT2D eigenvalue weighted by molar-refractivity contribution is 0.194. The molecule has 0 radical (unpaired) electrons. The molecule has 0 aliphatic carbocycles. The van der Waals surface area contributed by atoms with Crippen LogP contribution >= 0.6 is 11.6 Å². The first-order chi connectivity index (χ1) is 13.1. The van der Waals surface area contributed by atoms with Crippen LogP contribution in [0.3, 0.4) is 0 Å². The summed E-state index contributed by atoms with van der Waals surface area (Å²) in [7, 11) is 1.80. The highest BCUT2D eigenvalue weighted by Crippen LogP contribution is 2.21. The monoisotopic (exact) mass is 386 g/mol. The van der Waals surface area contributed by atoms with Gasteiger partial charge in [-0.25, -0.2) is 19.4 Å². The molecule has 3 aromatic rings. The van der Waals surface area contributed by atoms with Gasteiger partial charge in [0.2, 0.25) is 0 Å².